The van der Waals surface area contributed by atoms with E-state index in [9.17, 15) is 4.79 Å². The van der Waals surface area contributed by atoms with Crippen molar-refractivity contribution in [3.63, 3.8) is 0 Å². The zero-order chi connectivity index (χ0) is 17.6. The minimum Gasteiger partial charge on any atom is -0.332 e. The van der Waals surface area contributed by atoms with Gasteiger partial charge in [-0.3, -0.25) is 4.79 Å². The van der Waals surface area contributed by atoms with E-state index in [-0.39, 0.29) is 11.9 Å². The summed E-state index contributed by atoms with van der Waals surface area (Å²) < 4.78 is 2.13. The molecule has 1 aromatic carbocycles. The largest absolute Gasteiger partial charge is 0.332 e. The molecule has 1 saturated heterocycles. The summed E-state index contributed by atoms with van der Waals surface area (Å²) >= 11 is 1.63. The van der Waals surface area contributed by atoms with Gasteiger partial charge in [0, 0.05) is 18.5 Å². The van der Waals surface area contributed by atoms with Crippen LogP contribution in [0.25, 0.3) is 11.0 Å². The normalized spacial score (nSPS) is 17.6. The molecule has 0 saturated carbocycles. The fourth-order valence-corrected chi connectivity index (χ4v) is 4.70. The van der Waals surface area contributed by atoms with E-state index in [0.717, 1.165) is 51.8 Å². The molecule has 0 spiro atoms. The van der Waals surface area contributed by atoms with Crippen LogP contribution in [0.1, 0.15) is 40.3 Å². The quantitative estimate of drug-likeness (QED) is 0.723. The lowest BCUT2D eigenvalue weighted by molar-refractivity contribution is -0.131. The molecule has 5 nitrogen and oxygen atoms in total. The fraction of sp³-hybridized carbons (Fsp3) is 0.421. The second-order valence-electron chi connectivity index (χ2n) is 6.68. The lowest BCUT2D eigenvalue weighted by atomic mass is 10.2. The van der Waals surface area contributed by atoms with Gasteiger partial charge in [0.1, 0.15) is 5.82 Å². The van der Waals surface area contributed by atoms with Gasteiger partial charge in [-0.15, -0.1) is 11.3 Å². The summed E-state index contributed by atoms with van der Waals surface area (Å²) in [6.45, 7) is 4.78. The number of hydrogen-bond donors (Lipinski definition) is 0. The molecule has 0 bridgehead atoms. The van der Waals surface area contributed by atoms with Crippen molar-refractivity contribution < 1.29 is 4.79 Å². The van der Waals surface area contributed by atoms with E-state index in [1.807, 2.05) is 44.0 Å². The highest BCUT2D eigenvalue weighted by Gasteiger charge is 2.33. The Balaban J connectivity index is 1.62. The van der Waals surface area contributed by atoms with Crippen molar-refractivity contribution in [2.75, 3.05) is 6.54 Å². The van der Waals surface area contributed by atoms with Gasteiger partial charge < -0.3 is 9.47 Å². The molecule has 25 heavy (non-hydrogen) atoms. The maximum Gasteiger partial charge on any atom is 0.228 e. The number of hydrogen-bond acceptors (Lipinski definition) is 4. The van der Waals surface area contributed by atoms with Crippen molar-refractivity contribution in [2.24, 2.45) is 7.05 Å². The molecule has 3 aromatic rings. The van der Waals surface area contributed by atoms with Crippen molar-refractivity contribution >= 4 is 28.3 Å². The Morgan fingerprint density at radius 3 is 2.80 bits per heavy atom. The number of amides is 1. The number of aryl methyl sites for hydroxylation is 3. The van der Waals surface area contributed by atoms with E-state index in [4.69, 9.17) is 4.98 Å². The molecule has 1 aliphatic rings. The van der Waals surface area contributed by atoms with E-state index in [0.29, 0.717) is 6.42 Å². The minimum absolute atomic E-state index is 0.0687. The van der Waals surface area contributed by atoms with Crippen molar-refractivity contribution in [1.82, 2.24) is 19.4 Å². The molecule has 3 heterocycles. The van der Waals surface area contributed by atoms with Crippen LogP contribution < -0.4 is 0 Å². The lowest BCUT2D eigenvalue weighted by Gasteiger charge is -2.24. The zero-order valence-corrected chi connectivity index (χ0v) is 15.6. The van der Waals surface area contributed by atoms with E-state index < -0.39 is 0 Å². The van der Waals surface area contributed by atoms with Crippen LogP contribution >= 0.6 is 11.3 Å². The van der Waals surface area contributed by atoms with Crippen LogP contribution in [0, 0.1) is 13.8 Å². The van der Waals surface area contributed by atoms with Gasteiger partial charge in [-0.25, -0.2) is 9.97 Å². The molecule has 1 amide bonds. The Morgan fingerprint density at radius 2 is 2.08 bits per heavy atom. The van der Waals surface area contributed by atoms with Crippen LogP contribution in [-0.4, -0.2) is 31.9 Å². The Hall–Kier alpha value is -2.21. The number of likely N-dealkylation sites (tertiary alicyclic amines) is 1. The fourth-order valence-electron chi connectivity index (χ4n) is 3.77. The number of thiazole rings is 1. The molecule has 130 valence electrons. The first-order valence-electron chi connectivity index (χ1n) is 8.68. The zero-order valence-electron chi connectivity index (χ0n) is 14.8. The first kappa shape index (κ1) is 16.3. The number of imidazole rings is 1. The summed E-state index contributed by atoms with van der Waals surface area (Å²) in [5, 5.41) is 1.02. The van der Waals surface area contributed by atoms with Crippen LogP contribution in [0.15, 0.2) is 24.3 Å². The number of fused-ring (bicyclic) bond motifs is 1. The Labute approximate surface area is 151 Å². The van der Waals surface area contributed by atoms with Gasteiger partial charge in [-0.05, 0) is 38.8 Å². The second kappa shape index (κ2) is 6.26. The maximum atomic E-state index is 13.0. The molecule has 1 fully saturated rings. The molecule has 0 aliphatic carbocycles. The van der Waals surface area contributed by atoms with Crippen molar-refractivity contribution in [1.29, 1.82) is 0 Å². The van der Waals surface area contributed by atoms with Gasteiger partial charge >= 0.3 is 0 Å². The third kappa shape index (κ3) is 2.84. The van der Waals surface area contributed by atoms with Gasteiger partial charge in [0.05, 0.1) is 34.2 Å². The molecule has 1 atom stereocenters. The number of nitrogens with zero attached hydrogens (tertiary/aromatic N) is 4. The van der Waals surface area contributed by atoms with E-state index in [1.165, 1.54) is 0 Å². The molecule has 4 rings (SSSR count). The maximum absolute atomic E-state index is 13.0. The van der Waals surface area contributed by atoms with Gasteiger partial charge in [0.25, 0.3) is 0 Å². The van der Waals surface area contributed by atoms with Crippen LogP contribution in [0.4, 0.5) is 0 Å². The number of benzene rings is 1. The highest BCUT2D eigenvalue weighted by molar-refractivity contribution is 7.11. The molecule has 1 aliphatic heterocycles. The monoisotopic (exact) mass is 354 g/mol. The topological polar surface area (TPSA) is 51.0 Å². The molecule has 6 heteroatoms. The average molecular weight is 354 g/mol. The summed E-state index contributed by atoms with van der Waals surface area (Å²) in [5.74, 6) is 1.17. The number of carbonyl (C=O) groups is 1. The van der Waals surface area contributed by atoms with Gasteiger partial charge in [0.15, 0.2) is 0 Å². The summed E-state index contributed by atoms with van der Waals surface area (Å²) in [4.78, 5) is 25.3. The predicted octanol–water partition coefficient (Wildman–Crippen LogP) is 3.55. The van der Waals surface area contributed by atoms with Gasteiger partial charge in [-0.2, -0.15) is 0 Å². The average Bonchev–Trinajstić information content (AvgIpc) is 3.26. The smallest absolute Gasteiger partial charge is 0.228 e. The third-order valence-corrected chi connectivity index (χ3v) is 6.08. The van der Waals surface area contributed by atoms with Crippen molar-refractivity contribution in [3.8, 4) is 0 Å². The SMILES string of the molecule is Cc1nc(C)c(CC(=O)N2CCCC2c2nc3ccccc3n2C)s1. The molecular formula is C19H22N4OS. The molecular weight excluding hydrogens is 332 g/mol. The van der Waals surface area contributed by atoms with Crippen LogP contribution in [-0.2, 0) is 18.3 Å². The summed E-state index contributed by atoms with van der Waals surface area (Å²) in [6.07, 6.45) is 2.45. The summed E-state index contributed by atoms with van der Waals surface area (Å²) in [7, 11) is 2.04. The number of para-hydroxylation sites is 2. The van der Waals surface area contributed by atoms with E-state index >= 15 is 0 Å². The van der Waals surface area contributed by atoms with Gasteiger partial charge in [-0.1, -0.05) is 12.1 Å². The van der Waals surface area contributed by atoms with E-state index in [1.54, 1.807) is 11.3 Å². The highest BCUT2D eigenvalue weighted by atomic mass is 32.1. The van der Waals surface area contributed by atoms with Crippen molar-refractivity contribution in [2.45, 2.75) is 39.2 Å². The first-order chi connectivity index (χ1) is 12.0. The lowest BCUT2D eigenvalue weighted by Crippen LogP contribution is -2.33. The van der Waals surface area contributed by atoms with Crippen LogP contribution in [0.2, 0.25) is 0 Å². The first-order valence-corrected chi connectivity index (χ1v) is 9.50. The molecule has 2 aromatic heterocycles. The second-order valence-corrected chi connectivity index (χ2v) is 7.97. The Bertz CT molecular complexity index is 942. The molecule has 0 radical (unpaired) electrons. The van der Waals surface area contributed by atoms with Crippen LogP contribution in [0.3, 0.4) is 0 Å². The summed E-state index contributed by atoms with van der Waals surface area (Å²) in [6, 6.07) is 8.21. The number of carbonyl (C=O) groups excluding carboxylic acids is 1. The third-order valence-electron chi connectivity index (χ3n) is 5.00. The summed E-state index contributed by atoms with van der Waals surface area (Å²) in [5.41, 5.74) is 3.09. The predicted molar refractivity (Wildman–Crippen MR) is 99.7 cm³/mol. The molecule has 1 unspecified atom stereocenters. The molecule has 0 N–H and O–H groups in total. The van der Waals surface area contributed by atoms with E-state index in [2.05, 4.69) is 15.6 Å². The Kier molecular flexibility index (Phi) is 4.07. The highest BCUT2D eigenvalue weighted by Crippen LogP contribution is 2.33. The standard InChI is InChI=1S/C19H22N4OS/c1-12-17(25-13(2)20-12)11-18(24)23-10-6-9-16(23)19-21-14-7-4-5-8-15(14)22(19)3/h4-5,7-8,16H,6,9-11H2,1-3H3. The van der Waals surface area contributed by atoms with Crippen molar-refractivity contribution in [3.05, 3.63) is 45.7 Å². The number of rotatable bonds is 3. The minimum atomic E-state index is 0.0687. The van der Waals surface area contributed by atoms with Gasteiger partial charge in [0.2, 0.25) is 5.91 Å². The Morgan fingerprint density at radius 1 is 1.28 bits per heavy atom. The number of aromatic nitrogens is 3. The van der Waals surface area contributed by atoms with Crippen LogP contribution in [0.5, 0.6) is 0 Å².